The summed E-state index contributed by atoms with van der Waals surface area (Å²) in [5.74, 6) is -3.31. The molecule has 4 heterocycles. The topological polar surface area (TPSA) is 136 Å². The van der Waals surface area contributed by atoms with Crippen LogP contribution < -0.4 is 0 Å². The Morgan fingerprint density at radius 1 is 1.03 bits per heavy atom. The molecule has 9 nitrogen and oxygen atoms in total. The normalized spacial score (nSPS) is 51.1. The smallest absolute Gasteiger partial charge is 0.339 e. The Labute approximate surface area is 196 Å². The molecule has 1 spiro atoms. The molecule has 2 N–H and O–H groups in total. The standard InChI is InChI=1S/C25H30O9/c1-22(2)14-7-12(26)18-17(24(14,4)15(28)8-16(29)33-22)13(27)9-23(3)19(11-5-6-31-10-11)32-21(30)20-25(18,23)34-20/h5-6,10,13-15,17-20,27-28H,7-9H2,1-4H3/t13-,14+,15-,17+,18-,19+,20+,23-,24+,25+/m1/s1. The molecule has 0 radical (unpaired) electrons. The maximum absolute atomic E-state index is 13.9. The lowest BCUT2D eigenvalue weighted by molar-refractivity contribution is -0.232. The molecule has 1 aromatic rings. The van der Waals surface area contributed by atoms with Crippen LogP contribution in [0.5, 0.6) is 0 Å². The SMILES string of the molecule is CC1(C)OC(=O)C[C@@H](O)[C@@]2(C)[C@H]3[C@H](O)C[C@]4(C)[C@H](c5ccoc5)OC(=O)[C@@H]5O[C@@]54[C@@H]3C(=O)C[C@@H]12. The minimum Gasteiger partial charge on any atom is -0.472 e. The summed E-state index contributed by atoms with van der Waals surface area (Å²) in [6.45, 7) is 7.23. The number of ether oxygens (including phenoxy) is 3. The summed E-state index contributed by atoms with van der Waals surface area (Å²) < 4.78 is 22.8. The number of hydrogen-bond acceptors (Lipinski definition) is 9. The number of carbonyl (C=O) groups is 3. The van der Waals surface area contributed by atoms with Crippen LogP contribution in [0.1, 0.15) is 58.6 Å². The fourth-order valence-corrected chi connectivity index (χ4v) is 8.33. The van der Waals surface area contributed by atoms with Crippen molar-refractivity contribution in [3.63, 3.8) is 0 Å². The van der Waals surface area contributed by atoms with Gasteiger partial charge >= 0.3 is 11.9 Å². The van der Waals surface area contributed by atoms with Crippen LogP contribution >= 0.6 is 0 Å². The maximum Gasteiger partial charge on any atom is 0.339 e. The number of cyclic esters (lactones) is 2. The van der Waals surface area contributed by atoms with Gasteiger partial charge in [-0.25, -0.2) is 4.79 Å². The van der Waals surface area contributed by atoms with E-state index in [1.54, 1.807) is 19.9 Å². The average Bonchev–Trinajstić information content (AvgIpc) is 3.29. The number of ketones is 1. The van der Waals surface area contributed by atoms with E-state index in [-0.39, 0.29) is 25.0 Å². The van der Waals surface area contributed by atoms with Gasteiger partial charge in [0.1, 0.15) is 23.1 Å². The summed E-state index contributed by atoms with van der Waals surface area (Å²) >= 11 is 0. The van der Waals surface area contributed by atoms with Gasteiger partial charge < -0.3 is 28.8 Å². The van der Waals surface area contributed by atoms with Gasteiger partial charge in [0, 0.05) is 34.7 Å². The number of hydrogen-bond donors (Lipinski definition) is 2. The van der Waals surface area contributed by atoms with Crippen LogP contribution in [-0.4, -0.2) is 57.4 Å². The average molecular weight is 475 g/mol. The monoisotopic (exact) mass is 474 g/mol. The molecule has 10 atom stereocenters. The van der Waals surface area contributed by atoms with Crippen molar-refractivity contribution in [3.8, 4) is 0 Å². The van der Waals surface area contributed by atoms with Crippen LogP contribution in [0.3, 0.4) is 0 Å². The molecule has 2 saturated carbocycles. The molecule has 0 bridgehead atoms. The molecule has 2 aliphatic carbocycles. The number of aliphatic hydroxyl groups excluding tert-OH is 2. The zero-order valence-corrected chi connectivity index (χ0v) is 19.6. The van der Waals surface area contributed by atoms with Crippen LogP contribution in [0.2, 0.25) is 0 Å². The molecule has 184 valence electrons. The highest BCUT2D eigenvalue weighted by atomic mass is 16.7. The van der Waals surface area contributed by atoms with Crippen molar-refractivity contribution in [1.29, 1.82) is 0 Å². The molecule has 34 heavy (non-hydrogen) atoms. The van der Waals surface area contributed by atoms with Gasteiger partial charge in [0.25, 0.3) is 0 Å². The molecular formula is C25H30O9. The Morgan fingerprint density at radius 2 is 1.76 bits per heavy atom. The van der Waals surface area contributed by atoms with E-state index in [0.717, 1.165) is 0 Å². The molecule has 9 heteroatoms. The molecule has 5 fully saturated rings. The molecule has 3 saturated heterocycles. The second kappa shape index (κ2) is 6.50. The number of fused-ring (bicyclic) bond motifs is 3. The highest BCUT2D eigenvalue weighted by Crippen LogP contribution is 2.74. The van der Waals surface area contributed by atoms with Crippen LogP contribution in [0.25, 0.3) is 0 Å². The second-order valence-electron chi connectivity index (χ2n) is 11.7. The Balaban J connectivity index is 1.52. The van der Waals surface area contributed by atoms with E-state index in [9.17, 15) is 24.6 Å². The molecule has 0 amide bonds. The Hall–Kier alpha value is -2.23. The minimum absolute atomic E-state index is 0.0427. The van der Waals surface area contributed by atoms with E-state index < -0.39 is 76.1 Å². The number of esters is 2. The molecule has 0 aromatic carbocycles. The number of Topliss-reactive ketones (excluding diaryl/α,β-unsaturated/α-hetero) is 1. The number of rotatable bonds is 1. The summed E-state index contributed by atoms with van der Waals surface area (Å²) in [7, 11) is 0. The highest BCUT2D eigenvalue weighted by Gasteiger charge is 2.85. The van der Waals surface area contributed by atoms with E-state index in [1.165, 1.54) is 12.5 Å². The van der Waals surface area contributed by atoms with Gasteiger partial charge in [-0.05, 0) is 26.3 Å². The third kappa shape index (κ3) is 2.43. The number of aliphatic hydroxyl groups is 2. The number of epoxide rings is 1. The largest absolute Gasteiger partial charge is 0.472 e. The van der Waals surface area contributed by atoms with Crippen molar-refractivity contribution >= 4 is 17.7 Å². The predicted octanol–water partition coefficient (Wildman–Crippen LogP) is 1.70. The first-order chi connectivity index (χ1) is 15.9. The first-order valence-corrected chi connectivity index (χ1v) is 11.9. The Bertz CT molecular complexity index is 1080. The van der Waals surface area contributed by atoms with Crippen LogP contribution in [-0.2, 0) is 28.6 Å². The zero-order chi connectivity index (χ0) is 24.4. The van der Waals surface area contributed by atoms with Crippen molar-refractivity contribution in [2.75, 3.05) is 0 Å². The van der Waals surface area contributed by atoms with Crippen molar-refractivity contribution in [2.24, 2.45) is 28.6 Å². The van der Waals surface area contributed by atoms with Crippen LogP contribution in [0.15, 0.2) is 23.0 Å². The van der Waals surface area contributed by atoms with Gasteiger partial charge in [0.2, 0.25) is 0 Å². The predicted molar refractivity (Wildman–Crippen MR) is 113 cm³/mol. The first-order valence-electron chi connectivity index (χ1n) is 11.9. The number of carbonyl (C=O) groups excluding carboxylic acids is 3. The fraction of sp³-hybridized carbons (Fsp3) is 0.720. The molecule has 5 aliphatic rings. The summed E-state index contributed by atoms with van der Waals surface area (Å²) in [4.78, 5) is 39.3. The quantitative estimate of drug-likeness (QED) is 0.460. The van der Waals surface area contributed by atoms with Gasteiger partial charge in [-0.3, -0.25) is 9.59 Å². The van der Waals surface area contributed by atoms with Crippen molar-refractivity contribution in [1.82, 2.24) is 0 Å². The summed E-state index contributed by atoms with van der Waals surface area (Å²) in [6, 6.07) is 1.71. The van der Waals surface area contributed by atoms with Gasteiger partial charge in [-0.15, -0.1) is 0 Å². The van der Waals surface area contributed by atoms with Crippen molar-refractivity contribution < 1.29 is 43.2 Å². The summed E-state index contributed by atoms with van der Waals surface area (Å²) in [5, 5.41) is 23.0. The lowest BCUT2D eigenvalue weighted by atomic mass is 9.41. The van der Waals surface area contributed by atoms with E-state index in [4.69, 9.17) is 18.6 Å². The van der Waals surface area contributed by atoms with E-state index in [1.807, 2.05) is 13.8 Å². The van der Waals surface area contributed by atoms with E-state index in [2.05, 4.69) is 0 Å². The second-order valence-corrected chi connectivity index (χ2v) is 11.7. The van der Waals surface area contributed by atoms with Gasteiger partial charge in [0.05, 0.1) is 37.1 Å². The van der Waals surface area contributed by atoms with Gasteiger partial charge in [-0.2, -0.15) is 0 Å². The first kappa shape index (κ1) is 22.2. The lowest BCUT2D eigenvalue weighted by Crippen LogP contribution is -2.71. The Kier molecular flexibility index (Phi) is 4.25. The molecular weight excluding hydrogens is 444 g/mol. The fourth-order valence-electron chi connectivity index (χ4n) is 8.33. The number of furan rings is 1. The van der Waals surface area contributed by atoms with Crippen LogP contribution in [0, 0.1) is 28.6 Å². The highest BCUT2D eigenvalue weighted by molar-refractivity contribution is 5.90. The van der Waals surface area contributed by atoms with Crippen LogP contribution in [0.4, 0.5) is 0 Å². The van der Waals surface area contributed by atoms with Gasteiger partial charge in [0.15, 0.2) is 6.10 Å². The Morgan fingerprint density at radius 3 is 2.44 bits per heavy atom. The zero-order valence-electron chi connectivity index (χ0n) is 19.6. The molecule has 3 aliphatic heterocycles. The summed E-state index contributed by atoms with van der Waals surface area (Å²) in [5.41, 5.74) is -3.47. The third-order valence-corrected chi connectivity index (χ3v) is 9.79. The van der Waals surface area contributed by atoms with E-state index in [0.29, 0.717) is 5.56 Å². The maximum atomic E-state index is 13.9. The molecule has 0 unspecified atom stereocenters. The lowest BCUT2D eigenvalue weighted by Gasteiger charge is -2.62. The molecule has 6 rings (SSSR count). The van der Waals surface area contributed by atoms with E-state index >= 15 is 0 Å². The third-order valence-electron chi connectivity index (χ3n) is 9.79. The van der Waals surface area contributed by atoms with Gasteiger partial charge in [-0.1, -0.05) is 13.8 Å². The van der Waals surface area contributed by atoms with Crippen molar-refractivity contribution in [2.45, 2.75) is 82.6 Å². The molecule has 1 aromatic heterocycles. The minimum atomic E-state index is -1.17. The van der Waals surface area contributed by atoms with Crippen molar-refractivity contribution in [3.05, 3.63) is 24.2 Å². The summed E-state index contributed by atoms with van der Waals surface area (Å²) in [6.07, 6.45) is -0.822.